The minimum absolute atomic E-state index is 0.408. The van der Waals surface area contributed by atoms with E-state index in [-0.39, 0.29) is 0 Å². The number of primary amides is 1. The first-order valence-corrected chi connectivity index (χ1v) is 5.18. The number of rotatable bonds is 4. The molecule has 0 bridgehead atoms. The molecule has 0 aliphatic carbocycles. The van der Waals surface area contributed by atoms with Crippen LogP contribution < -0.4 is 10.6 Å². The molecule has 2 N–H and O–H groups in total. The van der Waals surface area contributed by atoms with Crippen molar-refractivity contribution in [2.45, 2.75) is 13.0 Å². The summed E-state index contributed by atoms with van der Waals surface area (Å²) in [5, 5.41) is 0. The molecule has 17 heavy (non-hydrogen) atoms. The minimum Gasteiger partial charge on any atom is -0.465 e. The van der Waals surface area contributed by atoms with E-state index in [0.29, 0.717) is 11.3 Å². The Balaban J connectivity index is 3.13. The molecule has 0 saturated carbocycles. The fourth-order valence-electron chi connectivity index (χ4n) is 1.46. The zero-order valence-corrected chi connectivity index (χ0v) is 10.1. The van der Waals surface area contributed by atoms with Crippen LogP contribution in [0.5, 0.6) is 0 Å². The SMILES string of the molecule is COC(=O)c1ccccc1N(C)C(C)C(N)=O. The summed E-state index contributed by atoms with van der Waals surface area (Å²) in [6, 6.07) is 6.41. The maximum Gasteiger partial charge on any atom is 0.339 e. The van der Waals surface area contributed by atoms with Crippen LogP contribution in [0.3, 0.4) is 0 Å². The van der Waals surface area contributed by atoms with Gasteiger partial charge in [-0.05, 0) is 19.1 Å². The van der Waals surface area contributed by atoms with E-state index in [2.05, 4.69) is 4.74 Å². The lowest BCUT2D eigenvalue weighted by molar-refractivity contribution is -0.118. The molecule has 0 radical (unpaired) electrons. The molecule has 1 amide bonds. The molecule has 0 heterocycles. The summed E-state index contributed by atoms with van der Waals surface area (Å²) in [5.74, 6) is -0.892. The fourth-order valence-corrected chi connectivity index (χ4v) is 1.46. The minimum atomic E-state index is -0.499. The van der Waals surface area contributed by atoms with E-state index in [0.717, 1.165) is 0 Å². The average Bonchev–Trinajstić information content (AvgIpc) is 2.35. The van der Waals surface area contributed by atoms with Gasteiger partial charge in [0.25, 0.3) is 0 Å². The molecule has 0 aromatic heterocycles. The lowest BCUT2D eigenvalue weighted by atomic mass is 10.1. The standard InChI is InChI=1S/C12H16N2O3/c1-8(11(13)15)14(2)10-7-5-4-6-9(10)12(16)17-3/h4-8H,1-3H3,(H2,13,15). The number of nitrogens with zero attached hydrogens (tertiary/aromatic N) is 1. The van der Waals surface area contributed by atoms with Crippen molar-refractivity contribution in [1.29, 1.82) is 0 Å². The molecule has 1 aromatic rings. The fraction of sp³-hybridized carbons (Fsp3) is 0.333. The number of nitrogens with two attached hydrogens (primary N) is 1. The molecular weight excluding hydrogens is 220 g/mol. The highest BCUT2D eigenvalue weighted by Gasteiger charge is 2.20. The number of benzene rings is 1. The van der Waals surface area contributed by atoms with Crippen LogP contribution in [-0.4, -0.2) is 32.1 Å². The van der Waals surface area contributed by atoms with Gasteiger partial charge in [0.1, 0.15) is 6.04 Å². The molecule has 0 aliphatic heterocycles. The molecule has 0 fully saturated rings. The van der Waals surface area contributed by atoms with E-state index in [1.807, 2.05) is 0 Å². The van der Waals surface area contributed by atoms with Crippen LogP contribution in [0.15, 0.2) is 24.3 Å². The number of ether oxygens (including phenoxy) is 1. The van der Waals surface area contributed by atoms with E-state index in [1.165, 1.54) is 7.11 Å². The van der Waals surface area contributed by atoms with Crippen LogP contribution in [0, 0.1) is 0 Å². The van der Waals surface area contributed by atoms with Crippen molar-refractivity contribution in [3.63, 3.8) is 0 Å². The number of hydrogen-bond donors (Lipinski definition) is 1. The van der Waals surface area contributed by atoms with Crippen LogP contribution in [0.25, 0.3) is 0 Å². The molecular formula is C12H16N2O3. The average molecular weight is 236 g/mol. The smallest absolute Gasteiger partial charge is 0.339 e. The predicted octanol–water partition coefficient (Wildman–Crippen LogP) is 0.783. The first-order chi connectivity index (χ1) is 7.99. The molecule has 1 rings (SSSR count). The van der Waals surface area contributed by atoms with Gasteiger partial charge in [0.05, 0.1) is 18.4 Å². The summed E-state index contributed by atoms with van der Waals surface area (Å²) in [7, 11) is 3.02. The number of amides is 1. The van der Waals surface area contributed by atoms with Crippen molar-refractivity contribution < 1.29 is 14.3 Å². The summed E-state index contributed by atoms with van der Waals surface area (Å²) in [4.78, 5) is 24.3. The highest BCUT2D eigenvalue weighted by atomic mass is 16.5. The molecule has 92 valence electrons. The summed E-state index contributed by atoms with van der Waals surface area (Å²) in [6.07, 6.45) is 0. The van der Waals surface area contributed by atoms with Crippen LogP contribution in [0.4, 0.5) is 5.69 Å². The third-order valence-corrected chi connectivity index (χ3v) is 2.68. The Hall–Kier alpha value is -2.04. The number of hydrogen-bond acceptors (Lipinski definition) is 4. The Kier molecular flexibility index (Phi) is 4.09. The zero-order chi connectivity index (χ0) is 13.0. The zero-order valence-electron chi connectivity index (χ0n) is 10.1. The molecule has 5 heteroatoms. The summed E-state index contributed by atoms with van der Waals surface area (Å²) in [5.41, 5.74) is 6.26. The van der Waals surface area contributed by atoms with Crippen molar-refractivity contribution in [2.75, 3.05) is 19.1 Å². The van der Waals surface area contributed by atoms with Gasteiger partial charge in [-0.3, -0.25) is 4.79 Å². The normalized spacial score (nSPS) is 11.7. The topological polar surface area (TPSA) is 72.6 Å². The molecule has 5 nitrogen and oxygen atoms in total. The van der Waals surface area contributed by atoms with Gasteiger partial charge in [-0.1, -0.05) is 12.1 Å². The lowest BCUT2D eigenvalue weighted by Crippen LogP contribution is -2.40. The summed E-state index contributed by atoms with van der Waals surface area (Å²) in [6.45, 7) is 1.68. The highest BCUT2D eigenvalue weighted by Crippen LogP contribution is 2.21. The molecule has 1 atom stereocenters. The van der Waals surface area contributed by atoms with Crippen LogP contribution in [0.2, 0.25) is 0 Å². The van der Waals surface area contributed by atoms with E-state index in [1.54, 1.807) is 43.1 Å². The van der Waals surface area contributed by atoms with Crippen molar-refractivity contribution in [3.05, 3.63) is 29.8 Å². The number of likely N-dealkylation sites (N-methyl/N-ethyl adjacent to an activating group) is 1. The van der Waals surface area contributed by atoms with E-state index < -0.39 is 17.9 Å². The van der Waals surface area contributed by atoms with Gasteiger partial charge in [-0.2, -0.15) is 0 Å². The summed E-state index contributed by atoms with van der Waals surface area (Å²) >= 11 is 0. The largest absolute Gasteiger partial charge is 0.465 e. The monoisotopic (exact) mass is 236 g/mol. The van der Waals surface area contributed by atoms with Crippen molar-refractivity contribution in [2.24, 2.45) is 5.73 Å². The molecule has 0 spiro atoms. The van der Waals surface area contributed by atoms with Gasteiger partial charge < -0.3 is 15.4 Å². The number of carbonyl (C=O) groups excluding carboxylic acids is 2. The second-order valence-corrected chi connectivity index (χ2v) is 3.70. The van der Waals surface area contributed by atoms with Gasteiger partial charge in [-0.25, -0.2) is 4.79 Å². The van der Waals surface area contributed by atoms with E-state index >= 15 is 0 Å². The molecule has 1 aromatic carbocycles. The van der Waals surface area contributed by atoms with Crippen molar-refractivity contribution in [3.8, 4) is 0 Å². The predicted molar refractivity (Wildman–Crippen MR) is 64.8 cm³/mol. The maximum atomic E-state index is 11.6. The van der Waals surface area contributed by atoms with Crippen LogP contribution in [-0.2, 0) is 9.53 Å². The van der Waals surface area contributed by atoms with Crippen LogP contribution >= 0.6 is 0 Å². The molecule has 0 aliphatic rings. The Morgan fingerprint density at radius 2 is 1.94 bits per heavy atom. The highest BCUT2D eigenvalue weighted by molar-refractivity contribution is 5.96. The molecule has 1 unspecified atom stereocenters. The van der Waals surface area contributed by atoms with Gasteiger partial charge in [-0.15, -0.1) is 0 Å². The second-order valence-electron chi connectivity index (χ2n) is 3.70. The third-order valence-electron chi connectivity index (χ3n) is 2.68. The Morgan fingerprint density at radius 1 is 1.35 bits per heavy atom. The maximum absolute atomic E-state index is 11.6. The Bertz CT molecular complexity index is 432. The number of esters is 1. The quantitative estimate of drug-likeness (QED) is 0.784. The number of carbonyl (C=O) groups is 2. The number of methoxy groups -OCH3 is 1. The van der Waals surface area contributed by atoms with Crippen molar-refractivity contribution in [1.82, 2.24) is 0 Å². The molecule has 0 saturated heterocycles. The first kappa shape index (κ1) is 13.0. The number of anilines is 1. The number of para-hydroxylation sites is 1. The van der Waals surface area contributed by atoms with Gasteiger partial charge >= 0.3 is 5.97 Å². The second kappa shape index (κ2) is 5.34. The van der Waals surface area contributed by atoms with Gasteiger partial charge in [0.15, 0.2) is 0 Å². The third kappa shape index (κ3) is 2.75. The Morgan fingerprint density at radius 3 is 2.47 bits per heavy atom. The lowest BCUT2D eigenvalue weighted by Gasteiger charge is -2.26. The van der Waals surface area contributed by atoms with Crippen molar-refractivity contribution >= 4 is 17.6 Å². The first-order valence-electron chi connectivity index (χ1n) is 5.18. The van der Waals surface area contributed by atoms with Gasteiger partial charge in [0, 0.05) is 7.05 Å². The Labute approximate surface area is 100 Å². The van der Waals surface area contributed by atoms with E-state index in [9.17, 15) is 9.59 Å². The van der Waals surface area contributed by atoms with Gasteiger partial charge in [0.2, 0.25) is 5.91 Å². The summed E-state index contributed by atoms with van der Waals surface area (Å²) < 4.78 is 4.69. The van der Waals surface area contributed by atoms with E-state index in [4.69, 9.17) is 5.73 Å². The van der Waals surface area contributed by atoms with Crippen LogP contribution in [0.1, 0.15) is 17.3 Å².